The number of nitrogens with zero attached hydrogens (tertiary/aromatic N) is 3. The molecule has 0 amide bonds. The van der Waals surface area contributed by atoms with Crippen LogP contribution in [0, 0.1) is 0 Å². The number of fused-ring (bicyclic) bond motifs is 1. The van der Waals surface area contributed by atoms with Gasteiger partial charge in [-0.25, -0.2) is 4.79 Å². The molecule has 27 heavy (non-hydrogen) atoms. The van der Waals surface area contributed by atoms with Crippen molar-refractivity contribution in [3.8, 4) is 11.4 Å². The van der Waals surface area contributed by atoms with Crippen LogP contribution in [0.5, 0.6) is 5.75 Å². The number of ether oxygens (including phenoxy) is 2. The van der Waals surface area contributed by atoms with Gasteiger partial charge in [0.15, 0.2) is 0 Å². The van der Waals surface area contributed by atoms with Crippen LogP contribution in [0.4, 0.5) is 0 Å². The molecule has 0 bridgehead atoms. The van der Waals surface area contributed by atoms with E-state index >= 15 is 0 Å². The fraction of sp³-hybridized carbons (Fsp3) is 0.400. The minimum atomic E-state index is -0.344. The molecular weight excluding hydrogens is 366 g/mol. The molecule has 0 atom stereocenters. The maximum absolute atomic E-state index is 12.7. The number of hydrogen-bond acceptors (Lipinski definition) is 4. The molecule has 0 saturated carbocycles. The zero-order chi connectivity index (χ0) is 19.6. The summed E-state index contributed by atoms with van der Waals surface area (Å²) in [6, 6.07) is 3.63. The maximum atomic E-state index is 12.7. The first-order chi connectivity index (χ1) is 13.0. The van der Waals surface area contributed by atoms with Crippen molar-refractivity contribution >= 4 is 28.5 Å². The molecule has 0 spiro atoms. The normalized spacial score (nSPS) is 11.1. The predicted molar refractivity (Wildman–Crippen MR) is 106 cm³/mol. The van der Waals surface area contributed by atoms with Crippen molar-refractivity contribution in [2.24, 2.45) is 0 Å². The van der Waals surface area contributed by atoms with Crippen LogP contribution in [-0.2, 0) is 17.7 Å². The number of carbonyl (C=O) groups is 1. The van der Waals surface area contributed by atoms with Gasteiger partial charge in [0.05, 0.1) is 41.7 Å². The lowest BCUT2D eigenvalue weighted by Gasteiger charge is -2.08. The summed E-state index contributed by atoms with van der Waals surface area (Å²) >= 11 is 6.39. The number of esters is 1. The Morgan fingerprint density at radius 3 is 2.67 bits per heavy atom. The molecule has 0 N–H and O–H groups in total. The van der Waals surface area contributed by atoms with Crippen LogP contribution in [0.3, 0.4) is 0 Å². The summed E-state index contributed by atoms with van der Waals surface area (Å²) in [4.78, 5) is 12.7. The van der Waals surface area contributed by atoms with Gasteiger partial charge in [-0.15, -0.1) is 0 Å². The van der Waals surface area contributed by atoms with Crippen LogP contribution in [0.15, 0.2) is 24.5 Å². The van der Waals surface area contributed by atoms with Gasteiger partial charge in [-0.05, 0) is 31.9 Å². The molecule has 0 fully saturated rings. The molecule has 0 saturated heterocycles. The molecule has 3 aromatic rings. The molecule has 7 heteroatoms. The molecule has 3 rings (SSSR count). The fourth-order valence-electron chi connectivity index (χ4n) is 3.38. The van der Waals surface area contributed by atoms with Crippen LogP contribution < -0.4 is 4.74 Å². The second-order valence-corrected chi connectivity index (χ2v) is 6.60. The molecule has 0 unspecified atom stereocenters. The zero-order valence-corrected chi connectivity index (χ0v) is 16.8. The van der Waals surface area contributed by atoms with Crippen LogP contribution in [-0.4, -0.2) is 34.0 Å². The van der Waals surface area contributed by atoms with E-state index in [1.54, 1.807) is 26.3 Å². The SMILES string of the molecule is CCCn1cc(-n2c(CC)c(C(=O)OCC)c3cc(OC)c(Cl)cc32)cn1. The number of carbonyl (C=O) groups excluding carboxylic acids is 1. The van der Waals surface area contributed by atoms with Crippen molar-refractivity contribution < 1.29 is 14.3 Å². The molecule has 0 radical (unpaired) electrons. The number of aryl methyl sites for hydroxylation is 1. The second kappa shape index (κ2) is 8.05. The van der Waals surface area contributed by atoms with Gasteiger partial charge in [0.2, 0.25) is 0 Å². The van der Waals surface area contributed by atoms with Gasteiger partial charge < -0.3 is 14.0 Å². The molecule has 6 nitrogen and oxygen atoms in total. The van der Waals surface area contributed by atoms with E-state index in [0.29, 0.717) is 29.4 Å². The zero-order valence-electron chi connectivity index (χ0n) is 16.1. The monoisotopic (exact) mass is 389 g/mol. The molecular formula is C20H24ClN3O3. The first kappa shape index (κ1) is 19.3. The van der Waals surface area contributed by atoms with Crippen molar-refractivity contribution in [3.63, 3.8) is 0 Å². The van der Waals surface area contributed by atoms with Gasteiger partial charge in [0, 0.05) is 23.8 Å². The minimum absolute atomic E-state index is 0.313. The van der Waals surface area contributed by atoms with E-state index in [-0.39, 0.29) is 5.97 Å². The van der Waals surface area contributed by atoms with Gasteiger partial charge in [-0.1, -0.05) is 25.4 Å². The molecule has 0 aliphatic rings. The highest BCUT2D eigenvalue weighted by atomic mass is 35.5. The Balaban J connectivity index is 2.33. The summed E-state index contributed by atoms with van der Waals surface area (Å²) in [7, 11) is 1.56. The minimum Gasteiger partial charge on any atom is -0.495 e. The number of halogens is 1. The highest BCUT2D eigenvalue weighted by Gasteiger charge is 2.25. The highest BCUT2D eigenvalue weighted by molar-refractivity contribution is 6.33. The number of methoxy groups -OCH3 is 1. The lowest BCUT2D eigenvalue weighted by atomic mass is 10.1. The summed E-state index contributed by atoms with van der Waals surface area (Å²) in [5.74, 6) is 0.180. The first-order valence-corrected chi connectivity index (χ1v) is 9.54. The Hall–Kier alpha value is -2.47. The van der Waals surface area contributed by atoms with Crippen LogP contribution in [0.2, 0.25) is 5.02 Å². The van der Waals surface area contributed by atoms with Gasteiger partial charge in [-0.3, -0.25) is 4.68 Å². The van der Waals surface area contributed by atoms with Crippen molar-refractivity contribution in [3.05, 3.63) is 40.8 Å². The smallest absolute Gasteiger partial charge is 0.340 e. The van der Waals surface area contributed by atoms with E-state index in [1.807, 2.05) is 28.4 Å². The molecule has 1 aromatic carbocycles. The van der Waals surface area contributed by atoms with Crippen LogP contribution >= 0.6 is 11.6 Å². The van der Waals surface area contributed by atoms with Gasteiger partial charge >= 0.3 is 5.97 Å². The van der Waals surface area contributed by atoms with E-state index in [4.69, 9.17) is 21.1 Å². The van der Waals surface area contributed by atoms with Gasteiger partial charge in [0.1, 0.15) is 5.75 Å². The third kappa shape index (κ3) is 3.41. The van der Waals surface area contributed by atoms with E-state index in [9.17, 15) is 4.79 Å². The maximum Gasteiger partial charge on any atom is 0.340 e. The average molecular weight is 390 g/mol. The average Bonchev–Trinajstić information content (AvgIpc) is 3.22. The highest BCUT2D eigenvalue weighted by Crippen LogP contribution is 2.37. The third-order valence-electron chi connectivity index (χ3n) is 4.48. The summed E-state index contributed by atoms with van der Waals surface area (Å²) < 4.78 is 14.6. The van der Waals surface area contributed by atoms with Crippen molar-refractivity contribution in [1.82, 2.24) is 14.3 Å². The largest absolute Gasteiger partial charge is 0.495 e. The van der Waals surface area contributed by atoms with Gasteiger partial charge in [0.25, 0.3) is 0 Å². The summed E-state index contributed by atoms with van der Waals surface area (Å²) in [5.41, 5.74) is 3.13. The molecule has 144 valence electrons. The molecule has 0 aliphatic heterocycles. The van der Waals surface area contributed by atoms with E-state index in [0.717, 1.165) is 35.2 Å². The van der Waals surface area contributed by atoms with Crippen LogP contribution in [0.1, 0.15) is 43.2 Å². The van der Waals surface area contributed by atoms with Crippen LogP contribution in [0.25, 0.3) is 16.6 Å². The number of rotatable bonds is 7. The predicted octanol–water partition coefficient (Wildman–Crippen LogP) is 4.64. The lowest BCUT2D eigenvalue weighted by molar-refractivity contribution is 0.0527. The van der Waals surface area contributed by atoms with E-state index in [2.05, 4.69) is 12.0 Å². The van der Waals surface area contributed by atoms with Crippen molar-refractivity contribution in [2.45, 2.75) is 40.2 Å². The molecule has 2 heterocycles. The second-order valence-electron chi connectivity index (χ2n) is 6.20. The van der Waals surface area contributed by atoms with Crippen molar-refractivity contribution in [1.29, 1.82) is 0 Å². The Labute approximate surface area is 163 Å². The standard InChI is InChI=1S/C20H24ClN3O3/c1-5-8-23-12-13(11-22-23)24-16(6-2)19(20(25)27-7-3)14-9-18(26-4)15(21)10-17(14)24/h9-12H,5-8H2,1-4H3. The first-order valence-electron chi connectivity index (χ1n) is 9.16. The van der Waals surface area contributed by atoms with E-state index in [1.165, 1.54) is 0 Å². The van der Waals surface area contributed by atoms with Crippen molar-refractivity contribution in [2.75, 3.05) is 13.7 Å². The lowest BCUT2D eigenvalue weighted by Crippen LogP contribution is -2.08. The summed E-state index contributed by atoms with van der Waals surface area (Å²) in [6.07, 6.45) is 5.43. The Bertz CT molecular complexity index is 975. The Morgan fingerprint density at radius 2 is 2.04 bits per heavy atom. The Kier molecular flexibility index (Phi) is 5.75. The Morgan fingerprint density at radius 1 is 1.26 bits per heavy atom. The van der Waals surface area contributed by atoms with E-state index < -0.39 is 0 Å². The summed E-state index contributed by atoms with van der Waals surface area (Å²) in [6.45, 7) is 7.07. The molecule has 2 aromatic heterocycles. The number of benzene rings is 1. The third-order valence-corrected chi connectivity index (χ3v) is 4.78. The molecule has 0 aliphatic carbocycles. The summed E-state index contributed by atoms with van der Waals surface area (Å²) in [5, 5.41) is 5.68. The quantitative estimate of drug-likeness (QED) is 0.552. The number of hydrogen-bond donors (Lipinski definition) is 0. The fourth-order valence-corrected chi connectivity index (χ4v) is 3.61. The topological polar surface area (TPSA) is 58.3 Å². The van der Waals surface area contributed by atoms with Gasteiger partial charge in [-0.2, -0.15) is 5.10 Å². The number of aromatic nitrogens is 3.